The Labute approximate surface area is 95.9 Å². The molecule has 0 spiro atoms. The molecule has 1 aliphatic heterocycles. The maximum Gasteiger partial charge on any atom is 0.248 e. The van der Waals surface area contributed by atoms with Gasteiger partial charge in [0, 0.05) is 20.2 Å². The molecule has 2 fully saturated rings. The zero-order valence-electron chi connectivity index (χ0n) is 9.78. The van der Waals surface area contributed by atoms with Crippen molar-refractivity contribution >= 4 is 5.91 Å². The van der Waals surface area contributed by atoms with E-state index in [0.717, 1.165) is 0 Å². The maximum atomic E-state index is 11.6. The number of likely N-dealkylation sites (tertiary alicyclic amines) is 1. The predicted octanol–water partition coefficient (Wildman–Crippen LogP) is -0.401. The fourth-order valence-corrected chi connectivity index (χ4v) is 2.15. The summed E-state index contributed by atoms with van der Waals surface area (Å²) in [6.07, 6.45) is 2.45. The molecule has 0 aromatic rings. The summed E-state index contributed by atoms with van der Waals surface area (Å²) in [6, 6.07) is 0. The number of ether oxygens (including phenoxy) is 2. The molecule has 1 amide bonds. The molecular formula is C11H20N2O3. The van der Waals surface area contributed by atoms with Crippen LogP contribution in [-0.4, -0.2) is 56.4 Å². The number of hydrogen-bond acceptors (Lipinski definition) is 4. The molecule has 16 heavy (non-hydrogen) atoms. The van der Waals surface area contributed by atoms with Crippen LogP contribution in [0.3, 0.4) is 0 Å². The number of carbonyl (C=O) groups is 1. The van der Waals surface area contributed by atoms with Gasteiger partial charge >= 0.3 is 0 Å². The van der Waals surface area contributed by atoms with E-state index in [9.17, 15) is 4.79 Å². The molecule has 0 aromatic carbocycles. The highest BCUT2D eigenvalue weighted by molar-refractivity contribution is 5.78. The quantitative estimate of drug-likeness (QED) is 0.628. The minimum absolute atomic E-state index is 0.0397. The molecule has 2 rings (SSSR count). The van der Waals surface area contributed by atoms with Crippen LogP contribution in [0, 0.1) is 5.92 Å². The number of amides is 1. The zero-order valence-corrected chi connectivity index (χ0v) is 9.78. The molecule has 0 atom stereocenters. The minimum Gasteiger partial charge on any atom is -0.382 e. The Hall–Kier alpha value is -0.650. The number of hydrogen-bond donors (Lipinski definition) is 1. The lowest BCUT2D eigenvalue weighted by atomic mass is 9.86. The Morgan fingerprint density at radius 1 is 1.44 bits per heavy atom. The van der Waals surface area contributed by atoms with Gasteiger partial charge in [-0.3, -0.25) is 4.79 Å². The molecule has 0 radical (unpaired) electrons. The third-order valence-corrected chi connectivity index (χ3v) is 3.37. The average molecular weight is 228 g/mol. The molecule has 0 bridgehead atoms. The van der Waals surface area contributed by atoms with E-state index < -0.39 is 0 Å². The van der Waals surface area contributed by atoms with Crippen molar-refractivity contribution < 1.29 is 14.3 Å². The summed E-state index contributed by atoms with van der Waals surface area (Å²) in [4.78, 5) is 13.4. The van der Waals surface area contributed by atoms with Crippen molar-refractivity contribution in [1.82, 2.24) is 4.90 Å². The van der Waals surface area contributed by atoms with Gasteiger partial charge in [-0.25, -0.2) is 0 Å². The molecule has 1 aliphatic carbocycles. The summed E-state index contributed by atoms with van der Waals surface area (Å²) in [6.45, 7) is 2.53. The summed E-state index contributed by atoms with van der Waals surface area (Å²) in [5.41, 5.74) is 6.06. The second kappa shape index (κ2) is 4.69. The largest absolute Gasteiger partial charge is 0.382 e. The summed E-state index contributed by atoms with van der Waals surface area (Å²) in [5, 5.41) is 0. The van der Waals surface area contributed by atoms with Crippen molar-refractivity contribution in [3.05, 3.63) is 0 Å². The van der Waals surface area contributed by atoms with Gasteiger partial charge in [0.2, 0.25) is 5.91 Å². The van der Waals surface area contributed by atoms with Crippen molar-refractivity contribution in [1.29, 1.82) is 0 Å². The zero-order chi connectivity index (χ0) is 11.6. The topological polar surface area (TPSA) is 64.8 Å². The minimum atomic E-state index is -0.0950. The van der Waals surface area contributed by atoms with Gasteiger partial charge in [-0.2, -0.15) is 0 Å². The number of carbonyl (C=O) groups excluding carboxylic acids is 1. The normalized spacial score (nSPS) is 23.0. The van der Waals surface area contributed by atoms with Crippen molar-refractivity contribution in [2.24, 2.45) is 11.7 Å². The Kier molecular flexibility index (Phi) is 3.47. The number of rotatable bonds is 6. The van der Waals surface area contributed by atoms with Gasteiger partial charge in [0.25, 0.3) is 0 Å². The van der Waals surface area contributed by atoms with Crippen LogP contribution in [0.25, 0.3) is 0 Å². The van der Waals surface area contributed by atoms with Gasteiger partial charge in [-0.1, -0.05) is 0 Å². The van der Waals surface area contributed by atoms with E-state index in [1.165, 1.54) is 12.8 Å². The Bertz CT molecular complexity index is 260. The molecule has 5 nitrogen and oxygen atoms in total. The monoisotopic (exact) mass is 228 g/mol. The van der Waals surface area contributed by atoms with Crippen molar-refractivity contribution in [3.63, 3.8) is 0 Å². The molecule has 0 aromatic heterocycles. The predicted molar refractivity (Wildman–Crippen MR) is 58.9 cm³/mol. The lowest BCUT2D eigenvalue weighted by Crippen LogP contribution is -2.70. The molecule has 92 valence electrons. The van der Waals surface area contributed by atoms with Gasteiger partial charge in [-0.05, 0) is 18.8 Å². The Morgan fingerprint density at radius 2 is 2.12 bits per heavy atom. The molecule has 1 saturated carbocycles. The van der Waals surface area contributed by atoms with E-state index >= 15 is 0 Å². The molecular weight excluding hydrogens is 208 g/mol. The lowest BCUT2D eigenvalue weighted by Gasteiger charge is -2.48. The van der Waals surface area contributed by atoms with E-state index in [-0.39, 0.29) is 18.1 Å². The van der Waals surface area contributed by atoms with Gasteiger partial charge < -0.3 is 20.1 Å². The molecule has 0 unspecified atom stereocenters. The second-order valence-corrected chi connectivity index (χ2v) is 4.80. The number of methoxy groups -OCH3 is 1. The maximum absolute atomic E-state index is 11.6. The van der Waals surface area contributed by atoms with Gasteiger partial charge in [-0.15, -0.1) is 0 Å². The lowest BCUT2D eigenvalue weighted by molar-refractivity contribution is -0.144. The van der Waals surface area contributed by atoms with Crippen LogP contribution >= 0.6 is 0 Å². The summed E-state index contributed by atoms with van der Waals surface area (Å²) in [7, 11) is 1.61. The first-order chi connectivity index (χ1) is 7.65. The Morgan fingerprint density at radius 3 is 2.69 bits per heavy atom. The van der Waals surface area contributed by atoms with Crippen LogP contribution in [0.2, 0.25) is 0 Å². The highest BCUT2D eigenvalue weighted by Gasteiger charge is 2.51. The van der Waals surface area contributed by atoms with E-state index in [1.807, 2.05) is 0 Å². The fourth-order valence-electron chi connectivity index (χ4n) is 2.15. The highest BCUT2D eigenvalue weighted by atomic mass is 16.5. The van der Waals surface area contributed by atoms with E-state index in [1.54, 1.807) is 12.0 Å². The van der Waals surface area contributed by atoms with E-state index in [4.69, 9.17) is 15.2 Å². The molecule has 1 saturated heterocycles. The van der Waals surface area contributed by atoms with Gasteiger partial charge in [0.15, 0.2) is 0 Å². The van der Waals surface area contributed by atoms with Crippen molar-refractivity contribution in [3.8, 4) is 0 Å². The average Bonchev–Trinajstić information content (AvgIpc) is 3.03. The number of nitrogens with zero attached hydrogens (tertiary/aromatic N) is 1. The first-order valence-corrected chi connectivity index (χ1v) is 5.79. The van der Waals surface area contributed by atoms with Crippen LogP contribution in [-0.2, 0) is 14.3 Å². The van der Waals surface area contributed by atoms with Crippen LogP contribution in [0.5, 0.6) is 0 Å². The van der Waals surface area contributed by atoms with E-state index in [2.05, 4.69) is 0 Å². The molecule has 1 heterocycles. The molecule has 5 heteroatoms. The first kappa shape index (κ1) is 11.8. The first-order valence-electron chi connectivity index (χ1n) is 5.79. The second-order valence-electron chi connectivity index (χ2n) is 4.80. The molecule has 2 N–H and O–H groups in total. The summed E-state index contributed by atoms with van der Waals surface area (Å²) in [5.74, 6) is 0.684. The summed E-state index contributed by atoms with van der Waals surface area (Å²) < 4.78 is 10.0. The third-order valence-electron chi connectivity index (χ3n) is 3.37. The standard InChI is InChI=1S/C11H20N2O3/c1-15-4-5-16-6-10(14)13-7-11(12,8-13)9-2-3-9/h9H,2-8,12H2,1H3. The third kappa shape index (κ3) is 2.53. The van der Waals surface area contributed by atoms with E-state index in [0.29, 0.717) is 32.2 Å². The Balaban J connectivity index is 1.61. The van der Waals surface area contributed by atoms with Crippen LogP contribution < -0.4 is 5.73 Å². The van der Waals surface area contributed by atoms with Crippen LogP contribution in [0.4, 0.5) is 0 Å². The van der Waals surface area contributed by atoms with Crippen molar-refractivity contribution in [2.45, 2.75) is 18.4 Å². The van der Waals surface area contributed by atoms with Gasteiger partial charge in [0.05, 0.1) is 18.8 Å². The number of nitrogens with two attached hydrogens (primary N) is 1. The summed E-state index contributed by atoms with van der Waals surface area (Å²) >= 11 is 0. The van der Waals surface area contributed by atoms with Gasteiger partial charge in [0.1, 0.15) is 6.61 Å². The molecule has 2 aliphatic rings. The smallest absolute Gasteiger partial charge is 0.248 e. The van der Waals surface area contributed by atoms with Crippen LogP contribution in [0.15, 0.2) is 0 Å². The fraction of sp³-hybridized carbons (Fsp3) is 0.909. The highest BCUT2D eigenvalue weighted by Crippen LogP contribution is 2.42. The van der Waals surface area contributed by atoms with Crippen molar-refractivity contribution in [2.75, 3.05) is 40.0 Å². The van der Waals surface area contributed by atoms with Crippen LogP contribution in [0.1, 0.15) is 12.8 Å². The SMILES string of the molecule is COCCOCC(=O)N1CC(N)(C2CC2)C1.